The van der Waals surface area contributed by atoms with Gasteiger partial charge in [0.05, 0.1) is 5.69 Å². The predicted molar refractivity (Wildman–Crippen MR) is 69.8 cm³/mol. The van der Waals surface area contributed by atoms with E-state index in [1.165, 1.54) is 6.07 Å². The zero-order valence-corrected chi connectivity index (χ0v) is 10.8. The highest BCUT2D eigenvalue weighted by Crippen LogP contribution is 2.31. The molecule has 0 heterocycles. The van der Waals surface area contributed by atoms with Crippen LogP contribution < -0.4 is 10.5 Å². The molecule has 0 fully saturated rings. The van der Waals surface area contributed by atoms with Gasteiger partial charge in [-0.15, -0.1) is 0 Å². The lowest BCUT2D eigenvalue weighted by molar-refractivity contribution is 0.443. The maximum absolute atomic E-state index is 13.5. The number of nitrogen functional groups attached to an aromatic ring is 1. The van der Waals surface area contributed by atoms with Crippen molar-refractivity contribution in [2.24, 2.45) is 0 Å². The van der Waals surface area contributed by atoms with Crippen LogP contribution in [0.2, 0.25) is 0 Å². The topological polar surface area (TPSA) is 35.2 Å². The highest BCUT2D eigenvalue weighted by atomic mass is 79.9. The zero-order chi connectivity index (χ0) is 12.4. The smallest absolute Gasteiger partial charge is 0.165 e. The molecular weight excluding hydrogens is 285 g/mol. The van der Waals surface area contributed by atoms with E-state index < -0.39 is 5.82 Å². The van der Waals surface area contributed by atoms with Gasteiger partial charge in [-0.05, 0) is 42.8 Å². The fourth-order valence-electron chi connectivity index (χ4n) is 1.40. The Morgan fingerprint density at radius 3 is 2.65 bits per heavy atom. The molecule has 0 amide bonds. The molecule has 0 aliphatic rings. The molecule has 17 heavy (non-hydrogen) atoms. The Balaban J connectivity index is 2.37. The van der Waals surface area contributed by atoms with Crippen molar-refractivity contribution in [1.82, 2.24) is 0 Å². The van der Waals surface area contributed by atoms with E-state index in [-0.39, 0.29) is 5.75 Å². The molecule has 88 valence electrons. The van der Waals surface area contributed by atoms with Gasteiger partial charge in [0.1, 0.15) is 0 Å². The van der Waals surface area contributed by atoms with Crippen molar-refractivity contribution in [1.29, 1.82) is 0 Å². The molecule has 0 unspecified atom stereocenters. The number of rotatable bonds is 2. The summed E-state index contributed by atoms with van der Waals surface area (Å²) in [5, 5.41) is 0. The number of ether oxygens (including phenoxy) is 1. The standard InChI is InChI=1S/C13H11BrFNO/c1-8-2-4-10(15)12(6-8)17-13-7-9(14)3-5-11(13)16/h2-7H,16H2,1H3. The second-order valence-electron chi connectivity index (χ2n) is 3.72. The number of benzene rings is 2. The molecule has 0 aromatic heterocycles. The molecule has 0 aliphatic carbocycles. The summed E-state index contributed by atoms with van der Waals surface area (Å²) in [6, 6.07) is 9.90. The number of hydrogen-bond donors (Lipinski definition) is 1. The highest BCUT2D eigenvalue weighted by Gasteiger charge is 2.07. The Labute approximate surface area is 107 Å². The summed E-state index contributed by atoms with van der Waals surface area (Å²) >= 11 is 3.31. The first kappa shape index (κ1) is 11.9. The van der Waals surface area contributed by atoms with Crippen LogP contribution in [0.1, 0.15) is 5.56 Å². The lowest BCUT2D eigenvalue weighted by Gasteiger charge is -2.10. The van der Waals surface area contributed by atoms with Gasteiger partial charge in [-0.25, -0.2) is 4.39 Å². The monoisotopic (exact) mass is 295 g/mol. The summed E-state index contributed by atoms with van der Waals surface area (Å²) in [5.74, 6) is 0.202. The summed E-state index contributed by atoms with van der Waals surface area (Å²) in [5.41, 5.74) is 7.15. The van der Waals surface area contributed by atoms with Gasteiger partial charge in [0.25, 0.3) is 0 Å². The Morgan fingerprint density at radius 1 is 1.12 bits per heavy atom. The largest absolute Gasteiger partial charge is 0.452 e. The maximum atomic E-state index is 13.5. The van der Waals surface area contributed by atoms with E-state index in [1.807, 2.05) is 6.92 Å². The van der Waals surface area contributed by atoms with Crippen LogP contribution >= 0.6 is 15.9 Å². The summed E-state index contributed by atoms with van der Waals surface area (Å²) in [4.78, 5) is 0. The number of nitrogens with two attached hydrogens (primary N) is 1. The summed E-state index contributed by atoms with van der Waals surface area (Å²) in [6.07, 6.45) is 0. The van der Waals surface area contributed by atoms with Crippen LogP contribution in [0.15, 0.2) is 40.9 Å². The molecule has 0 saturated carbocycles. The minimum absolute atomic E-state index is 0.176. The first-order valence-corrected chi connectivity index (χ1v) is 5.84. The second kappa shape index (κ2) is 4.75. The average Bonchev–Trinajstić information content (AvgIpc) is 2.28. The van der Waals surface area contributed by atoms with Gasteiger partial charge >= 0.3 is 0 Å². The molecule has 0 aliphatic heterocycles. The van der Waals surface area contributed by atoms with Crippen LogP contribution in [0.4, 0.5) is 10.1 Å². The van der Waals surface area contributed by atoms with Crippen molar-refractivity contribution < 1.29 is 9.13 Å². The van der Waals surface area contributed by atoms with E-state index in [2.05, 4.69) is 15.9 Å². The molecule has 2 aromatic rings. The molecule has 0 radical (unpaired) electrons. The SMILES string of the molecule is Cc1ccc(F)c(Oc2cc(Br)ccc2N)c1. The van der Waals surface area contributed by atoms with Crippen LogP contribution in [-0.2, 0) is 0 Å². The Hall–Kier alpha value is -1.55. The molecule has 0 atom stereocenters. The molecule has 0 spiro atoms. The van der Waals surface area contributed by atoms with Crippen molar-refractivity contribution in [2.45, 2.75) is 6.92 Å². The van der Waals surface area contributed by atoms with Gasteiger partial charge in [-0.1, -0.05) is 22.0 Å². The Kier molecular flexibility index (Phi) is 3.33. The van der Waals surface area contributed by atoms with Gasteiger partial charge in [-0.3, -0.25) is 0 Å². The Morgan fingerprint density at radius 2 is 1.88 bits per heavy atom. The molecule has 4 heteroatoms. The highest BCUT2D eigenvalue weighted by molar-refractivity contribution is 9.10. The van der Waals surface area contributed by atoms with E-state index in [1.54, 1.807) is 30.3 Å². The van der Waals surface area contributed by atoms with E-state index in [4.69, 9.17) is 10.5 Å². The van der Waals surface area contributed by atoms with Gasteiger partial charge in [0.15, 0.2) is 17.3 Å². The lowest BCUT2D eigenvalue weighted by atomic mass is 10.2. The molecule has 2 N–H and O–H groups in total. The van der Waals surface area contributed by atoms with E-state index in [9.17, 15) is 4.39 Å². The van der Waals surface area contributed by atoms with E-state index in [0.29, 0.717) is 11.4 Å². The zero-order valence-electron chi connectivity index (χ0n) is 9.21. The maximum Gasteiger partial charge on any atom is 0.165 e. The van der Waals surface area contributed by atoms with Crippen molar-refractivity contribution >= 4 is 21.6 Å². The number of anilines is 1. The fourth-order valence-corrected chi connectivity index (χ4v) is 1.74. The van der Waals surface area contributed by atoms with Crippen molar-refractivity contribution in [3.8, 4) is 11.5 Å². The number of hydrogen-bond acceptors (Lipinski definition) is 2. The predicted octanol–water partition coefficient (Wildman–Crippen LogP) is 4.27. The number of halogens is 2. The minimum atomic E-state index is -0.407. The quantitative estimate of drug-likeness (QED) is 0.840. The number of aryl methyl sites for hydroxylation is 1. The average molecular weight is 296 g/mol. The first-order valence-electron chi connectivity index (χ1n) is 5.05. The summed E-state index contributed by atoms with van der Waals surface area (Å²) in [6.45, 7) is 1.87. The fraction of sp³-hybridized carbons (Fsp3) is 0.0769. The van der Waals surface area contributed by atoms with Crippen LogP contribution in [-0.4, -0.2) is 0 Å². The van der Waals surface area contributed by atoms with Crippen LogP contribution in [0.5, 0.6) is 11.5 Å². The van der Waals surface area contributed by atoms with Gasteiger partial charge < -0.3 is 10.5 Å². The molecule has 2 rings (SSSR count). The normalized spacial score (nSPS) is 10.3. The van der Waals surface area contributed by atoms with Crippen molar-refractivity contribution in [2.75, 3.05) is 5.73 Å². The molecule has 0 saturated heterocycles. The van der Waals surface area contributed by atoms with Crippen molar-refractivity contribution in [3.05, 3.63) is 52.3 Å². The Bertz CT molecular complexity index is 508. The second-order valence-corrected chi connectivity index (χ2v) is 4.63. The molecular formula is C13H11BrFNO. The van der Waals surface area contributed by atoms with Gasteiger partial charge in [0, 0.05) is 4.47 Å². The third kappa shape index (κ3) is 2.77. The van der Waals surface area contributed by atoms with Gasteiger partial charge in [0.2, 0.25) is 0 Å². The van der Waals surface area contributed by atoms with Crippen LogP contribution in [0, 0.1) is 12.7 Å². The molecule has 2 nitrogen and oxygen atoms in total. The van der Waals surface area contributed by atoms with Gasteiger partial charge in [-0.2, -0.15) is 0 Å². The first-order chi connectivity index (χ1) is 8.06. The third-order valence-electron chi connectivity index (χ3n) is 2.28. The lowest BCUT2D eigenvalue weighted by Crippen LogP contribution is -1.94. The van der Waals surface area contributed by atoms with Crippen molar-refractivity contribution in [3.63, 3.8) is 0 Å². The van der Waals surface area contributed by atoms with Crippen LogP contribution in [0.25, 0.3) is 0 Å². The minimum Gasteiger partial charge on any atom is -0.452 e. The van der Waals surface area contributed by atoms with Crippen LogP contribution in [0.3, 0.4) is 0 Å². The van der Waals surface area contributed by atoms with E-state index >= 15 is 0 Å². The summed E-state index contributed by atoms with van der Waals surface area (Å²) < 4.78 is 19.8. The molecule has 2 aromatic carbocycles. The third-order valence-corrected chi connectivity index (χ3v) is 2.78. The molecule has 0 bridgehead atoms. The van der Waals surface area contributed by atoms with E-state index in [0.717, 1.165) is 10.0 Å². The summed E-state index contributed by atoms with van der Waals surface area (Å²) in [7, 11) is 0.